The molecule has 13 heteroatoms. The van der Waals surface area contributed by atoms with Crippen molar-refractivity contribution >= 4 is 33.3 Å². The highest BCUT2D eigenvalue weighted by molar-refractivity contribution is 7.95. The Morgan fingerprint density at radius 1 is 0.698 bits per heavy atom. The summed E-state index contributed by atoms with van der Waals surface area (Å²) in [5, 5.41) is 3.95. The van der Waals surface area contributed by atoms with Gasteiger partial charge < -0.3 is 38.5 Å². The van der Waals surface area contributed by atoms with E-state index in [1.54, 1.807) is 18.2 Å². The molecule has 0 fully saturated rings. The van der Waals surface area contributed by atoms with E-state index in [2.05, 4.69) is 10.0 Å². The number of benzene rings is 3. The number of carbonyl (C=O) groups is 1. The molecular formula is C30H34N2O10S. The second-order valence-corrected chi connectivity index (χ2v) is 10.1. The Labute approximate surface area is 250 Å². The molecule has 0 saturated heterocycles. The minimum Gasteiger partial charge on any atom is -0.496 e. The highest BCUT2D eigenvalue weighted by Gasteiger charge is 2.17. The van der Waals surface area contributed by atoms with Crippen molar-refractivity contribution in [2.75, 3.05) is 59.8 Å². The van der Waals surface area contributed by atoms with Crippen molar-refractivity contribution in [3.05, 3.63) is 71.3 Å². The summed E-state index contributed by atoms with van der Waals surface area (Å²) in [6.45, 7) is 0. The summed E-state index contributed by atoms with van der Waals surface area (Å²) in [4.78, 5) is 12.9. The van der Waals surface area contributed by atoms with Crippen LogP contribution >= 0.6 is 0 Å². The first kappa shape index (κ1) is 32.5. The smallest absolute Gasteiger partial charge is 0.255 e. The topological polar surface area (TPSA) is 140 Å². The zero-order valence-electron chi connectivity index (χ0n) is 24.8. The third-order valence-electron chi connectivity index (χ3n) is 6.05. The van der Waals surface area contributed by atoms with Crippen molar-refractivity contribution in [1.29, 1.82) is 0 Å². The number of nitrogens with one attached hydrogen (secondary N) is 2. The van der Waals surface area contributed by atoms with E-state index in [1.807, 2.05) is 0 Å². The minimum absolute atomic E-state index is 0.242. The summed E-state index contributed by atoms with van der Waals surface area (Å²) in [5.41, 5.74) is 1.36. The quantitative estimate of drug-likeness (QED) is 0.177. The molecule has 0 aromatic heterocycles. The molecule has 0 amide bonds. The van der Waals surface area contributed by atoms with Crippen LogP contribution in [-0.2, 0) is 10.0 Å². The van der Waals surface area contributed by atoms with E-state index in [9.17, 15) is 13.2 Å². The van der Waals surface area contributed by atoms with Crippen molar-refractivity contribution < 1.29 is 46.4 Å². The van der Waals surface area contributed by atoms with Gasteiger partial charge in [-0.25, -0.2) is 8.42 Å². The fourth-order valence-corrected chi connectivity index (χ4v) is 4.80. The van der Waals surface area contributed by atoms with Crippen LogP contribution in [0.1, 0.15) is 15.9 Å². The summed E-state index contributed by atoms with van der Waals surface area (Å²) in [6, 6.07) is 10.9. The number of carbonyl (C=O) groups excluding carboxylic acids is 1. The number of methoxy groups -OCH3 is 7. The third-order valence-corrected chi connectivity index (χ3v) is 7.06. The number of sulfonamides is 1. The molecule has 2 N–H and O–H groups in total. The molecule has 0 bridgehead atoms. The lowest BCUT2D eigenvalue weighted by molar-refractivity contribution is 0.104. The highest BCUT2D eigenvalue weighted by Crippen LogP contribution is 2.38. The first-order valence-electron chi connectivity index (χ1n) is 12.6. The molecule has 3 aromatic rings. The first-order valence-corrected chi connectivity index (χ1v) is 14.1. The van der Waals surface area contributed by atoms with Crippen LogP contribution in [0, 0.1) is 0 Å². The Morgan fingerprint density at radius 2 is 1.28 bits per heavy atom. The summed E-state index contributed by atoms with van der Waals surface area (Å²) >= 11 is 0. The predicted octanol–water partition coefficient (Wildman–Crippen LogP) is 4.97. The number of hydrogen-bond donors (Lipinski definition) is 2. The van der Waals surface area contributed by atoms with Gasteiger partial charge in [-0.1, -0.05) is 0 Å². The Balaban J connectivity index is 1.81. The second-order valence-electron chi connectivity index (χ2n) is 8.57. The van der Waals surface area contributed by atoms with E-state index in [-0.39, 0.29) is 11.5 Å². The maximum absolute atomic E-state index is 12.9. The van der Waals surface area contributed by atoms with Crippen molar-refractivity contribution in [1.82, 2.24) is 0 Å². The molecule has 230 valence electrons. The number of ketones is 1. The standard InChI is InChI=1S/C30H34N2O10S/c1-36-21-17-26(38-3)22(27(18-21)39-4)11-13-43(34,35)32-20-8-9-25(37-2)23(16-20)31-12-10-24(33)19-14-28(40-5)30(42-7)29(15-19)41-6/h8-18,31-32H,1-7H3/b12-10+,13-11+. The van der Waals surface area contributed by atoms with Gasteiger partial charge in [0.1, 0.15) is 23.0 Å². The summed E-state index contributed by atoms with van der Waals surface area (Å²) in [7, 11) is 6.29. The number of rotatable bonds is 15. The number of anilines is 2. The van der Waals surface area contributed by atoms with Gasteiger partial charge in [-0.2, -0.15) is 0 Å². The van der Waals surface area contributed by atoms with Gasteiger partial charge in [0, 0.05) is 30.0 Å². The van der Waals surface area contributed by atoms with Gasteiger partial charge >= 0.3 is 0 Å². The van der Waals surface area contributed by atoms with E-state index < -0.39 is 10.0 Å². The lowest BCUT2D eigenvalue weighted by Crippen LogP contribution is -2.09. The van der Waals surface area contributed by atoms with E-state index in [0.717, 1.165) is 5.41 Å². The number of allylic oxidation sites excluding steroid dienone is 1. The molecule has 0 radical (unpaired) electrons. The third kappa shape index (κ3) is 8.04. The van der Waals surface area contributed by atoms with Crippen LogP contribution in [0.15, 0.2) is 60.1 Å². The average Bonchev–Trinajstić information content (AvgIpc) is 3.02. The Morgan fingerprint density at radius 3 is 1.79 bits per heavy atom. The molecule has 12 nitrogen and oxygen atoms in total. The Bertz CT molecular complexity index is 1570. The van der Waals surface area contributed by atoms with Crippen molar-refractivity contribution in [2.24, 2.45) is 0 Å². The number of ether oxygens (including phenoxy) is 7. The highest BCUT2D eigenvalue weighted by atomic mass is 32.2. The molecular weight excluding hydrogens is 580 g/mol. The van der Waals surface area contributed by atoms with Crippen LogP contribution in [0.25, 0.3) is 6.08 Å². The lowest BCUT2D eigenvalue weighted by Gasteiger charge is -2.13. The second kappa shape index (κ2) is 14.7. The molecule has 0 unspecified atom stereocenters. The summed E-state index contributed by atoms with van der Waals surface area (Å²) in [5.74, 6) is 2.33. The number of hydrogen-bond acceptors (Lipinski definition) is 11. The molecule has 0 heterocycles. The van der Waals surface area contributed by atoms with E-state index >= 15 is 0 Å². The molecule has 0 aliphatic heterocycles. The Hall–Kier alpha value is -5.04. The van der Waals surface area contributed by atoms with Gasteiger partial charge in [-0.3, -0.25) is 9.52 Å². The van der Waals surface area contributed by atoms with Gasteiger partial charge in [0.05, 0.1) is 72.1 Å². The van der Waals surface area contributed by atoms with Crippen LogP contribution in [-0.4, -0.2) is 64.0 Å². The van der Waals surface area contributed by atoms with E-state index in [4.69, 9.17) is 33.2 Å². The molecule has 0 aliphatic rings. The first-order chi connectivity index (χ1) is 20.6. The van der Waals surface area contributed by atoms with Crippen molar-refractivity contribution in [3.8, 4) is 40.2 Å². The van der Waals surface area contributed by atoms with Gasteiger partial charge in [-0.15, -0.1) is 0 Å². The van der Waals surface area contributed by atoms with Crippen LogP contribution in [0.5, 0.6) is 40.2 Å². The molecule has 3 aromatic carbocycles. The van der Waals surface area contributed by atoms with Gasteiger partial charge in [0.25, 0.3) is 10.0 Å². The molecule has 0 aliphatic carbocycles. The van der Waals surface area contributed by atoms with Crippen LogP contribution in [0.2, 0.25) is 0 Å². The normalized spacial score (nSPS) is 11.2. The van der Waals surface area contributed by atoms with Crippen molar-refractivity contribution in [2.45, 2.75) is 0 Å². The van der Waals surface area contributed by atoms with Gasteiger partial charge in [0.15, 0.2) is 17.3 Å². The van der Waals surface area contributed by atoms with E-state index in [1.165, 1.54) is 92.4 Å². The lowest BCUT2D eigenvalue weighted by atomic mass is 10.1. The predicted molar refractivity (Wildman–Crippen MR) is 164 cm³/mol. The van der Waals surface area contributed by atoms with Crippen molar-refractivity contribution in [3.63, 3.8) is 0 Å². The Kier molecular flexibility index (Phi) is 11.1. The molecule has 0 spiro atoms. The average molecular weight is 615 g/mol. The summed E-state index contributed by atoms with van der Waals surface area (Å²) in [6.07, 6.45) is 4.07. The molecule has 3 rings (SSSR count). The molecule has 0 atom stereocenters. The zero-order chi connectivity index (χ0) is 31.6. The van der Waals surface area contributed by atoms with Crippen LogP contribution < -0.4 is 43.2 Å². The fourth-order valence-electron chi connectivity index (χ4n) is 3.96. The zero-order valence-corrected chi connectivity index (χ0v) is 25.7. The van der Waals surface area contributed by atoms with Gasteiger partial charge in [-0.05, 0) is 36.4 Å². The molecule has 43 heavy (non-hydrogen) atoms. The molecule has 0 saturated carbocycles. The SMILES string of the molecule is COc1cc(OC)c(/C=C/S(=O)(=O)Nc2ccc(OC)c(N/C=C/C(=O)c3cc(OC)c(OC)c(OC)c3)c2)c(OC)c1. The minimum atomic E-state index is -3.97. The van der Waals surface area contributed by atoms with Gasteiger partial charge in [0.2, 0.25) is 5.75 Å². The largest absolute Gasteiger partial charge is 0.496 e. The fraction of sp³-hybridized carbons (Fsp3) is 0.233. The monoisotopic (exact) mass is 614 g/mol. The van der Waals surface area contributed by atoms with E-state index in [0.29, 0.717) is 57.1 Å². The summed E-state index contributed by atoms with van der Waals surface area (Å²) < 4.78 is 65.6. The van der Waals surface area contributed by atoms with Crippen LogP contribution in [0.4, 0.5) is 11.4 Å². The maximum atomic E-state index is 12.9. The van der Waals surface area contributed by atoms with Crippen LogP contribution in [0.3, 0.4) is 0 Å². The maximum Gasteiger partial charge on any atom is 0.255 e.